The fraction of sp³-hybridized carbons (Fsp3) is 0.190. The van der Waals surface area contributed by atoms with E-state index in [9.17, 15) is 22.4 Å². The fourth-order valence-corrected chi connectivity index (χ4v) is 3.25. The zero-order chi connectivity index (χ0) is 23.0. The van der Waals surface area contributed by atoms with E-state index >= 15 is 0 Å². The van der Waals surface area contributed by atoms with Crippen molar-refractivity contribution >= 4 is 22.6 Å². The normalized spacial score (nSPS) is 11.7. The van der Waals surface area contributed by atoms with Crippen molar-refractivity contribution in [3.05, 3.63) is 70.4 Å². The Labute approximate surface area is 178 Å². The summed E-state index contributed by atoms with van der Waals surface area (Å²) in [5, 5.41) is 13.7. The molecule has 11 heteroatoms. The van der Waals surface area contributed by atoms with Crippen LogP contribution in [-0.4, -0.2) is 21.3 Å². The van der Waals surface area contributed by atoms with Crippen molar-refractivity contribution in [1.82, 2.24) is 15.4 Å². The second-order valence-electron chi connectivity index (χ2n) is 7.02. The number of H-pyrrole nitrogens is 1. The number of anilines is 1. The topological polar surface area (TPSA) is 93.0 Å². The van der Waals surface area contributed by atoms with Crippen LogP contribution in [0.3, 0.4) is 0 Å². The predicted molar refractivity (Wildman–Crippen MR) is 106 cm³/mol. The molecule has 2 heterocycles. The van der Waals surface area contributed by atoms with Gasteiger partial charge >= 0.3 is 6.18 Å². The summed E-state index contributed by atoms with van der Waals surface area (Å²) in [6.45, 7) is 2.80. The standard InChI is InChI=1S/C21H16F4N4O3/c1-10-18(11(2)32-29-10)20(30)26-19-15-8-14(5-6-17(15)27-28-19)31-9-12-3-4-13(22)7-16(12)21(23,24)25/h3-8H,9H2,1-2H3,(H2,26,27,28,30). The Bertz CT molecular complexity index is 1290. The molecule has 0 bridgehead atoms. The number of halogens is 4. The number of alkyl halides is 3. The number of nitrogens with one attached hydrogen (secondary N) is 2. The van der Waals surface area contributed by atoms with E-state index in [0.717, 1.165) is 12.1 Å². The number of aromatic nitrogens is 3. The Balaban J connectivity index is 1.57. The van der Waals surface area contributed by atoms with Crippen molar-refractivity contribution in [1.29, 1.82) is 0 Å². The molecule has 0 aliphatic rings. The Morgan fingerprint density at radius 3 is 2.66 bits per heavy atom. The minimum atomic E-state index is -4.72. The van der Waals surface area contributed by atoms with E-state index < -0.39 is 30.1 Å². The molecule has 0 aliphatic carbocycles. The third kappa shape index (κ3) is 4.13. The van der Waals surface area contributed by atoms with Gasteiger partial charge in [-0.15, -0.1) is 0 Å². The van der Waals surface area contributed by atoms with Gasteiger partial charge < -0.3 is 14.6 Å². The summed E-state index contributed by atoms with van der Waals surface area (Å²) in [5.74, 6) is -0.664. The van der Waals surface area contributed by atoms with Gasteiger partial charge in [0.1, 0.15) is 29.5 Å². The third-order valence-corrected chi connectivity index (χ3v) is 4.80. The van der Waals surface area contributed by atoms with Crippen molar-refractivity contribution in [3.63, 3.8) is 0 Å². The molecule has 166 valence electrons. The zero-order valence-corrected chi connectivity index (χ0v) is 16.8. The molecule has 0 aliphatic heterocycles. The number of amides is 1. The Morgan fingerprint density at radius 2 is 1.97 bits per heavy atom. The number of nitrogens with zero attached hydrogens (tertiary/aromatic N) is 2. The van der Waals surface area contributed by atoms with Crippen molar-refractivity contribution in [2.45, 2.75) is 26.6 Å². The highest BCUT2D eigenvalue weighted by Gasteiger charge is 2.34. The van der Waals surface area contributed by atoms with Crippen LogP contribution in [0.4, 0.5) is 23.4 Å². The lowest BCUT2D eigenvalue weighted by molar-refractivity contribution is -0.138. The van der Waals surface area contributed by atoms with Crippen LogP contribution in [0.25, 0.3) is 10.9 Å². The van der Waals surface area contributed by atoms with Gasteiger partial charge in [-0.05, 0) is 44.2 Å². The van der Waals surface area contributed by atoms with Crippen LogP contribution in [0.15, 0.2) is 40.9 Å². The van der Waals surface area contributed by atoms with E-state index in [2.05, 4.69) is 20.7 Å². The number of benzene rings is 2. The van der Waals surface area contributed by atoms with Crippen LogP contribution in [0.1, 0.15) is 32.9 Å². The average Bonchev–Trinajstić information content (AvgIpc) is 3.28. The monoisotopic (exact) mass is 448 g/mol. The van der Waals surface area contributed by atoms with Gasteiger partial charge in [0, 0.05) is 10.9 Å². The lowest BCUT2D eigenvalue weighted by atomic mass is 10.1. The molecule has 2 aromatic carbocycles. The average molecular weight is 448 g/mol. The van der Waals surface area contributed by atoms with Crippen LogP contribution < -0.4 is 10.1 Å². The number of hydrogen-bond donors (Lipinski definition) is 2. The molecule has 1 amide bonds. The minimum Gasteiger partial charge on any atom is -0.489 e. The van der Waals surface area contributed by atoms with Crippen LogP contribution >= 0.6 is 0 Å². The molecule has 32 heavy (non-hydrogen) atoms. The van der Waals surface area contributed by atoms with Crippen molar-refractivity contribution in [3.8, 4) is 5.75 Å². The second-order valence-corrected chi connectivity index (χ2v) is 7.02. The number of hydrogen-bond acceptors (Lipinski definition) is 5. The molecular formula is C21H16F4N4O3. The minimum absolute atomic E-state index is 0.202. The number of rotatable bonds is 5. The number of aryl methyl sites for hydroxylation is 2. The van der Waals surface area contributed by atoms with Crippen molar-refractivity contribution in [2.24, 2.45) is 0 Å². The molecule has 4 aromatic rings. The van der Waals surface area contributed by atoms with Gasteiger partial charge in [0.15, 0.2) is 5.82 Å². The molecular weight excluding hydrogens is 432 g/mol. The first kappa shape index (κ1) is 21.3. The summed E-state index contributed by atoms with van der Waals surface area (Å²) in [4.78, 5) is 12.6. The predicted octanol–water partition coefficient (Wildman–Crippen LogP) is 5.16. The summed E-state index contributed by atoms with van der Waals surface area (Å²) in [6.07, 6.45) is -4.72. The molecule has 0 radical (unpaired) electrons. The van der Waals surface area contributed by atoms with Crippen LogP contribution in [0.5, 0.6) is 5.75 Å². The van der Waals surface area contributed by atoms with Gasteiger partial charge in [0.25, 0.3) is 5.91 Å². The lowest BCUT2D eigenvalue weighted by Crippen LogP contribution is -2.14. The maximum Gasteiger partial charge on any atom is 0.416 e. The van der Waals surface area contributed by atoms with Gasteiger partial charge in [-0.2, -0.15) is 18.3 Å². The zero-order valence-electron chi connectivity index (χ0n) is 16.8. The van der Waals surface area contributed by atoms with E-state index in [0.29, 0.717) is 28.4 Å². The maximum absolute atomic E-state index is 13.3. The summed E-state index contributed by atoms with van der Waals surface area (Å²) >= 11 is 0. The highest BCUT2D eigenvalue weighted by Crippen LogP contribution is 2.33. The van der Waals surface area contributed by atoms with Gasteiger partial charge in [0.2, 0.25) is 0 Å². The Hall–Kier alpha value is -3.89. The third-order valence-electron chi connectivity index (χ3n) is 4.80. The number of aromatic amines is 1. The van der Waals surface area contributed by atoms with Gasteiger partial charge in [-0.3, -0.25) is 9.89 Å². The Morgan fingerprint density at radius 1 is 1.19 bits per heavy atom. The molecule has 2 N–H and O–H groups in total. The number of carbonyl (C=O) groups is 1. The molecule has 0 saturated heterocycles. The largest absolute Gasteiger partial charge is 0.489 e. The summed E-state index contributed by atoms with van der Waals surface area (Å²) in [6, 6.07) is 7.08. The van der Waals surface area contributed by atoms with E-state index in [1.807, 2.05) is 0 Å². The quantitative estimate of drug-likeness (QED) is 0.412. The summed E-state index contributed by atoms with van der Waals surface area (Å²) < 4.78 is 63.3. The van der Waals surface area contributed by atoms with E-state index in [1.54, 1.807) is 19.9 Å². The molecule has 0 unspecified atom stereocenters. The van der Waals surface area contributed by atoms with Gasteiger partial charge in [-0.1, -0.05) is 11.2 Å². The first-order chi connectivity index (χ1) is 15.1. The number of carbonyl (C=O) groups excluding carboxylic acids is 1. The maximum atomic E-state index is 13.3. The molecule has 2 aromatic heterocycles. The Kier molecular flexibility index (Phi) is 5.33. The molecule has 0 spiro atoms. The molecule has 0 fully saturated rings. The van der Waals surface area contributed by atoms with Crippen LogP contribution in [0, 0.1) is 19.7 Å². The van der Waals surface area contributed by atoms with Crippen molar-refractivity contribution in [2.75, 3.05) is 5.32 Å². The molecule has 4 rings (SSSR count). The lowest BCUT2D eigenvalue weighted by Gasteiger charge is -2.14. The first-order valence-corrected chi connectivity index (χ1v) is 9.34. The number of ether oxygens (including phenoxy) is 1. The fourth-order valence-electron chi connectivity index (χ4n) is 3.25. The smallest absolute Gasteiger partial charge is 0.416 e. The summed E-state index contributed by atoms with van der Waals surface area (Å²) in [7, 11) is 0. The first-order valence-electron chi connectivity index (χ1n) is 9.34. The molecule has 7 nitrogen and oxygen atoms in total. The van der Waals surface area contributed by atoms with E-state index in [1.165, 1.54) is 12.1 Å². The van der Waals surface area contributed by atoms with E-state index in [4.69, 9.17) is 9.26 Å². The number of fused-ring (bicyclic) bond motifs is 1. The molecule has 0 atom stereocenters. The summed E-state index contributed by atoms with van der Waals surface area (Å²) in [5.41, 5.74) is -0.0372. The highest BCUT2D eigenvalue weighted by atomic mass is 19.4. The van der Waals surface area contributed by atoms with E-state index in [-0.39, 0.29) is 22.7 Å². The second kappa shape index (κ2) is 7.98. The van der Waals surface area contributed by atoms with Crippen molar-refractivity contribution < 1.29 is 31.6 Å². The molecule has 0 saturated carbocycles. The highest BCUT2D eigenvalue weighted by molar-refractivity contribution is 6.09. The van der Waals surface area contributed by atoms with Crippen LogP contribution in [0.2, 0.25) is 0 Å². The van der Waals surface area contributed by atoms with Crippen LogP contribution in [-0.2, 0) is 12.8 Å². The van der Waals surface area contributed by atoms with Gasteiger partial charge in [-0.25, -0.2) is 4.39 Å². The van der Waals surface area contributed by atoms with Gasteiger partial charge in [0.05, 0.1) is 16.8 Å². The SMILES string of the molecule is Cc1noc(C)c1C(=O)Nc1n[nH]c2ccc(OCc3ccc(F)cc3C(F)(F)F)cc12.